The molecule has 0 spiro atoms. The Balaban J connectivity index is 2.26. The third-order valence-corrected chi connectivity index (χ3v) is 3.07. The topological polar surface area (TPSA) is 96.4 Å². The maximum absolute atomic E-state index is 11.7. The molecule has 2 heterocycles. The zero-order valence-electron chi connectivity index (χ0n) is 10.3. The van der Waals surface area contributed by atoms with Crippen molar-refractivity contribution in [3.05, 3.63) is 32.6 Å². The van der Waals surface area contributed by atoms with Crippen LogP contribution in [0.5, 0.6) is 0 Å². The molecule has 1 aromatic heterocycles. The van der Waals surface area contributed by atoms with Gasteiger partial charge in [0.25, 0.3) is 5.56 Å². The summed E-state index contributed by atoms with van der Waals surface area (Å²) in [6, 6.07) is 0. The number of aliphatic hydroxyl groups is 1. The van der Waals surface area contributed by atoms with Crippen LogP contribution in [-0.2, 0) is 4.74 Å². The highest BCUT2D eigenvalue weighted by Crippen LogP contribution is 2.27. The number of aromatic amines is 1. The molecule has 0 amide bonds. The first-order chi connectivity index (χ1) is 8.52. The van der Waals surface area contributed by atoms with E-state index in [2.05, 4.69) is 10.3 Å². The maximum Gasteiger partial charge on any atom is 0.330 e. The highest BCUT2D eigenvalue weighted by atomic mass is 16.5. The normalized spacial score (nSPS) is 27.6. The van der Waals surface area contributed by atoms with E-state index in [0.717, 1.165) is 0 Å². The molecule has 0 unspecified atom stereocenters. The molecule has 18 heavy (non-hydrogen) atoms. The largest absolute Gasteiger partial charge is 0.390 e. The van der Waals surface area contributed by atoms with Crippen LogP contribution >= 0.6 is 0 Å². The van der Waals surface area contributed by atoms with E-state index < -0.39 is 23.6 Å². The Bertz CT molecular complexity index is 536. The number of hydrogen-bond donors (Lipinski definition) is 3. The highest BCUT2D eigenvalue weighted by molar-refractivity contribution is 5.02. The van der Waals surface area contributed by atoms with Gasteiger partial charge in [-0.05, 0) is 14.0 Å². The van der Waals surface area contributed by atoms with Gasteiger partial charge in [0.15, 0.2) is 0 Å². The molecular formula is C11H17N3O4. The number of hydrogen-bond acceptors (Lipinski definition) is 5. The van der Waals surface area contributed by atoms with Gasteiger partial charge in [-0.1, -0.05) is 0 Å². The second kappa shape index (κ2) is 5.05. The second-order valence-corrected chi connectivity index (χ2v) is 4.47. The quantitative estimate of drug-likeness (QED) is 0.624. The molecule has 1 aliphatic heterocycles. The lowest BCUT2D eigenvalue weighted by atomic mass is 10.2. The molecule has 7 nitrogen and oxygen atoms in total. The van der Waals surface area contributed by atoms with Gasteiger partial charge in [0.05, 0.1) is 12.2 Å². The highest BCUT2D eigenvalue weighted by Gasteiger charge is 2.34. The maximum atomic E-state index is 11.7. The lowest BCUT2D eigenvalue weighted by molar-refractivity contribution is -0.0184. The van der Waals surface area contributed by atoms with Gasteiger partial charge in [0, 0.05) is 24.7 Å². The van der Waals surface area contributed by atoms with Gasteiger partial charge < -0.3 is 15.2 Å². The van der Waals surface area contributed by atoms with Crippen LogP contribution in [0, 0.1) is 6.92 Å². The van der Waals surface area contributed by atoms with E-state index in [-0.39, 0.29) is 6.10 Å². The third kappa shape index (κ3) is 2.38. The van der Waals surface area contributed by atoms with E-state index in [0.29, 0.717) is 18.5 Å². The molecule has 2 rings (SSSR count). The summed E-state index contributed by atoms with van der Waals surface area (Å²) >= 11 is 0. The summed E-state index contributed by atoms with van der Waals surface area (Å²) in [5.41, 5.74) is -0.487. The smallest absolute Gasteiger partial charge is 0.330 e. The number of aliphatic hydroxyl groups excluding tert-OH is 1. The predicted molar refractivity (Wildman–Crippen MR) is 64.5 cm³/mol. The molecule has 1 saturated heterocycles. The minimum absolute atomic E-state index is 0.331. The zero-order valence-corrected chi connectivity index (χ0v) is 10.3. The molecule has 0 radical (unpaired) electrons. The monoisotopic (exact) mass is 255 g/mol. The molecule has 0 bridgehead atoms. The molecule has 0 aromatic carbocycles. The molecule has 100 valence electrons. The number of nitrogens with one attached hydrogen (secondary N) is 2. The Labute approximate surface area is 103 Å². The summed E-state index contributed by atoms with van der Waals surface area (Å²) in [7, 11) is 1.76. The number of rotatable bonds is 3. The summed E-state index contributed by atoms with van der Waals surface area (Å²) in [5.74, 6) is 0. The fraction of sp³-hybridized carbons (Fsp3) is 0.636. The first-order valence-electron chi connectivity index (χ1n) is 5.83. The third-order valence-electron chi connectivity index (χ3n) is 3.07. The van der Waals surface area contributed by atoms with Gasteiger partial charge in [-0.3, -0.25) is 14.3 Å². The van der Waals surface area contributed by atoms with E-state index in [1.165, 1.54) is 10.8 Å². The molecule has 1 fully saturated rings. The van der Waals surface area contributed by atoms with Crippen LogP contribution < -0.4 is 16.6 Å². The van der Waals surface area contributed by atoms with E-state index in [1.807, 2.05) is 0 Å². The van der Waals surface area contributed by atoms with E-state index in [1.54, 1.807) is 14.0 Å². The summed E-state index contributed by atoms with van der Waals surface area (Å²) in [6.07, 6.45) is 0.278. The Morgan fingerprint density at radius 1 is 1.61 bits per heavy atom. The molecule has 3 N–H and O–H groups in total. The molecule has 0 saturated carbocycles. The minimum Gasteiger partial charge on any atom is -0.390 e. The average molecular weight is 255 g/mol. The molecular weight excluding hydrogens is 238 g/mol. The molecule has 0 aliphatic carbocycles. The Kier molecular flexibility index (Phi) is 3.65. The number of nitrogens with zero attached hydrogens (tertiary/aromatic N) is 1. The van der Waals surface area contributed by atoms with Crippen LogP contribution in [-0.4, -0.2) is 40.5 Å². The van der Waals surface area contributed by atoms with Crippen molar-refractivity contribution in [3.63, 3.8) is 0 Å². The van der Waals surface area contributed by atoms with Crippen molar-refractivity contribution >= 4 is 0 Å². The van der Waals surface area contributed by atoms with Crippen molar-refractivity contribution in [3.8, 4) is 0 Å². The number of aryl methyl sites for hydroxylation is 1. The Morgan fingerprint density at radius 3 is 3.00 bits per heavy atom. The first kappa shape index (κ1) is 13.0. The van der Waals surface area contributed by atoms with Gasteiger partial charge >= 0.3 is 5.69 Å². The van der Waals surface area contributed by atoms with Gasteiger partial charge in [-0.2, -0.15) is 0 Å². The van der Waals surface area contributed by atoms with Crippen LogP contribution in [0.1, 0.15) is 18.2 Å². The standard InChI is InChI=1S/C11H17N3O4/c1-6-5-14(11(17)13-10(6)16)9-3-7(15)8(18-9)4-12-2/h5,7-9,12,15H,3-4H2,1-2H3,(H,13,16,17)/t7-,8+,9+/m0/s1. The molecule has 7 heteroatoms. The van der Waals surface area contributed by atoms with Gasteiger partial charge in [-0.25, -0.2) is 4.79 Å². The van der Waals surface area contributed by atoms with Crippen LogP contribution in [0.4, 0.5) is 0 Å². The fourth-order valence-electron chi connectivity index (χ4n) is 2.07. The van der Waals surface area contributed by atoms with Crippen LogP contribution in [0.2, 0.25) is 0 Å². The van der Waals surface area contributed by atoms with Gasteiger partial charge in [0.1, 0.15) is 6.23 Å². The average Bonchev–Trinajstić information content (AvgIpc) is 2.66. The van der Waals surface area contributed by atoms with Crippen molar-refractivity contribution in [1.29, 1.82) is 0 Å². The SMILES string of the molecule is CNC[C@H]1O[C@@H](n2cc(C)c(=O)[nH]c2=O)C[C@@H]1O. The van der Waals surface area contributed by atoms with Crippen LogP contribution in [0.3, 0.4) is 0 Å². The second-order valence-electron chi connectivity index (χ2n) is 4.47. The lowest BCUT2D eigenvalue weighted by Gasteiger charge is -2.15. The number of H-pyrrole nitrogens is 1. The number of ether oxygens (including phenoxy) is 1. The van der Waals surface area contributed by atoms with Gasteiger partial charge in [-0.15, -0.1) is 0 Å². The molecule has 1 aliphatic rings. The van der Waals surface area contributed by atoms with Crippen LogP contribution in [0.15, 0.2) is 15.8 Å². The Hall–Kier alpha value is -1.44. The fourth-order valence-corrected chi connectivity index (χ4v) is 2.07. The predicted octanol–water partition coefficient (Wildman–Crippen LogP) is -1.29. The summed E-state index contributed by atoms with van der Waals surface area (Å²) in [5, 5.41) is 12.7. The summed E-state index contributed by atoms with van der Waals surface area (Å²) in [4.78, 5) is 25.2. The number of likely N-dealkylation sites (N-methyl/N-ethyl adjacent to an activating group) is 1. The summed E-state index contributed by atoms with van der Waals surface area (Å²) < 4.78 is 6.92. The zero-order chi connectivity index (χ0) is 13.3. The van der Waals surface area contributed by atoms with E-state index in [9.17, 15) is 14.7 Å². The van der Waals surface area contributed by atoms with Crippen molar-refractivity contribution in [2.45, 2.75) is 31.8 Å². The minimum atomic E-state index is -0.624. The van der Waals surface area contributed by atoms with Crippen molar-refractivity contribution in [1.82, 2.24) is 14.9 Å². The van der Waals surface area contributed by atoms with Crippen LogP contribution in [0.25, 0.3) is 0 Å². The molecule has 1 aromatic rings. The van der Waals surface area contributed by atoms with Crippen molar-refractivity contribution in [2.24, 2.45) is 0 Å². The van der Waals surface area contributed by atoms with E-state index in [4.69, 9.17) is 4.74 Å². The van der Waals surface area contributed by atoms with Crippen molar-refractivity contribution in [2.75, 3.05) is 13.6 Å². The first-order valence-corrected chi connectivity index (χ1v) is 5.83. The van der Waals surface area contributed by atoms with E-state index >= 15 is 0 Å². The Morgan fingerprint density at radius 2 is 2.33 bits per heavy atom. The van der Waals surface area contributed by atoms with Crippen molar-refractivity contribution < 1.29 is 9.84 Å². The van der Waals surface area contributed by atoms with Gasteiger partial charge in [0.2, 0.25) is 0 Å². The lowest BCUT2D eigenvalue weighted by Crippen LogP contribution is -2.34. The number of aromatic nitrogens is 2. The molecule has 3 atom stereocenters. The summed E-state index contributed by atoms with van der Waals surface area (Å²) in [6.45, 7) is 2.12.